The van der Waals surface area contributed by atoms with Gasteiger partial charge in [-0.25, -0.2) is 0 Å². The third-order valence-corrected chi connectivity index (χ3v) is 11.7. The molecule has 4 nitrogen and oxygen atoms in total. The minimum absolute atomic E-state index is 0.133. The van der Waals surface area contributed by atoms with Crippen molar-refractivity contribution < 1.29 is 19.3 Å². The van der Waals surface area contributed by atoms with E-state index in [-0.39, 0.29) is 16.9 Å². The molecule has 0 radical (unpaired) electrons. The molecule has 4 aliphatic carbocycles. The zero-order valence-corrected chi connectivity index (χ0v) is 20.9. The maximum atomic E-state index is 10.3. The van der Waals surface area contributed by atoms with Crippen LogP contribution in [-0.2, 0) is 14.2 Å². The molecule has 2 saturated heterocycles. The Labute approximate surface area is 194 Å². The lowest BCUT2D eigenvalue weighted by molar-refractivity contribution is -0.337. The van der Waals surface area contributed by atoms with E-state index in [0.29, 0.717) is 29.6 Å². The number of ether oxygens (including phenoxy) is 3. The monoisotopic (exact) mass is 444 g/mol. The zero-order chi connectivity index (χ0) is 22.5. The number of aliphatic hydroxyl groups excluding tert-OH is 1. The van der Waals surface area contributed by atoms with Gasteiger partial charge in [-0.15, -0.1) is 0 Å². The largest absolute Gasteiger partial charge is 0.393 e. The average Bonchev–Trinajstić information content (AvgIpc) is 3.17. The van der Waals surface area contributed by atoms with E-state index >= 15 is 0 Å². The van der Waals surface area contributed by atoms with E-state index in [9.17, 15) is 5.11 Å². The summed E-state index contributed by atoms with van der Waals surface area (Å²) in [5.41, 5.74) is 2.06. The van der Waals surface area contributed by atoms with Crippen LogP contribution in [0.1, 0.15) is 85.5 Å². The zero-order valence-electron chi connectivity index (χ0n) is 20.9. The van der Waals surface area contributed by atoms with Gasteiger partial charge in [0.2, 0.25) is 0 Å². The molecule has 180 valence electrons. The van der Waals surface area contributed by atoms with Crippen molar-refractivity contribution in [3.05, 3.63) is 11.6 Å². The van der Waals surface area contributed by atoms with Gasteiger partial charge < -0.3 is 19.3 Å². The number of rotatable bonds is 1. The topological polar surface area (TPSA) is 47.9 Å². The summed E-state index contributed by atoms with van der Waals surface area (Å²) in [6.07, 6.45) is 12.3. The van der Waals surface area contributed by atoms with E-state index in [1.54, 1.807) is 5.57 Å². The Balaban J connectivity index is 1.34. The summed E-state index contributed by atoms with van der Waals surface area (Å²) in [5.74, 6) is 2.49. The van der Waals surface area contributed by atoms with Gasteiger partial charge in [-0.05, 0) is 79.4 Å². The van der Waals surface area contributed by atoms with Crippen molar-refractivity contribution in [2.24, 2.45) is 46.3 Å². The molecule has 0 amide bonds. The van der Waals surface area contributed by atoms with E-state index in [1.165, 1.54) is 25.7 Å². The maximum absolute atomic E-state index is 10.3. The summed E-state index contributed by atoms with van der Waals surface area (Å²) in [6, 6.07) is 0. The number of methoxy groups -OCH3 is 1. The van der Waals surface area contributed by atoms with Crippen LogP contribution in [0.4, 0.5) is 0 Å². The van der Waals surface area contributed by atoms with Gasteiger partial charge in [0.25, 0.3) is 0 Å². The predicted octanol–water partition coefficient (Wildman–Crippen LogP) is 5.69. The van der Waals surface area contributed by atoms with Gasteiger partial charge in [0.1, 0.15) is 0 Å². The summed E-state index contributed by atoms with van der Waals surface area (Å²) in [4.78, 5) is 0. The maximum Gasteiger partial charge on any atom is 0.175 e. The average molecular weight is 445 g/mol. The number of allylic oxidation sites excluding steroid dienone is 1. The molecule has 2 heterocycles. The van der Waals surface area contributed by atoms with Crippen LogP contribution in [0.5, 0.6) is 0 Å². The van der Waals surface area contributed by atoms with Crippen LogP contribution < -0.4 is 0 Å². The summed E-state index contributed by atoms with van der Waals surface area (Å²) < 4.78 is 19.9. The Morgan fingerprint density at radius 1 is 1.06 bits per heavy atom. The SMILES string of the molecule is CO[C@@]12C[C@@H]3[C@@H]4CC=C5C[C@@H](O)CC[C@]5(C)[C@H]4CC[C@]3(C)[C@@H]1[C@@H](C)[C@@]1(CC[C@@H](C)CO1)O2. The first-order valence-corrected chi connectivity index (χ1v) is 13.4. The molecule has 0 unspecified atom stereocenters. The molecule has 1 N–H and O–H groups in total. The Morgan fingerprint density at radius 2 is 1.88 bits per heavy atom. The number of hydrogen-bond acceptors (Lipinski definition) is 4. The highest BCUT2D eigenvalue weighted by molar-refractivity contribution is 5.27. The molecule has 6 rings (SSSR count). The van der Waals surface area contributed by atoms with E-state index in [2.05, 4.69) is 33.8 Å². The van der Waals surface area contributed by atoms with Crippen molar-refractivity contribution in [2.75, 3.05) is 13.7 Å². The Bertz CT molecular complexity index is 799. The molecular weight excluding hydrogens is 400 g/mol. The molecule has 1 spiro atoms. The minimum Gasteiger partial charge on any atom is -0.393 e. The van der Waals surface area contributed by atoms with Crippen LogP contribution in [0.2, 0.25) is 0 Å². The van der Waals surface area contributed by atoms with Crippen molar-refractivity contribution in [2.45, 2.75) is 103 Å². The lowest BCUT2D eigenvalue weighted by atomic mass is 9.47. The molecule has 0 aromatic heterocycles. The molecule has 5 fully saturated rings. The van der Waals surface area contributed by atoms with Crippen LogP contribution in [0.25, 0.3) is 0 Å². The normalized spacial score (nSPS) is 59.2. The van der Waals surface area contributed by atoms with Gasteiger partial charge in [0, 0.05) is 31.8 Å². The molecular formula is C28H44O4. The minimum atomic E-state index is -0.498. The highest BCUT2D eigenvalue weighted by atomic mass is 16.8. The quantitative estimate of drug-likeness (QED) is 0.528. The third-order valence-electron chi connectivity index (χ3n) is 11.7. The lowest BCUT2D eigenvalue weighted by Crippen LogP contribution is -2.52. The second-order valence-corrected chi connectivity index (χ2v) is 13.1. The summed E-state index contributed by atoms with van der Waals surface area (Å²) in [5, 5.41) is 10.3. The van der Waals surface area contributed by atoms with Crippen molar-refractivity contribution in [1.82, 2.24) is 0 Å². The second kappa shape index (κ2) is 7.06. The Kier molecular flexibility index (Phi) is 4.87. The number of hydrogen-bond donors (Lipinski definition) is 1. The van der Waals surface area contributed by atoms with Crippen molar-refractivity contribution in [3.8, 4) is 0 Å². The highest BCUT2D eigenvalue weighted by Crippen LogP contribution is 2.73. The van der Waals surface area contributed by atoms with Gasteiger partial charge in [-0.1, -0.05) is 39.3 Å². The molecule has 0 aromatic rings. The van der Waals surface area contributed by atoms with Crippen LogP contribution in [0.3, 0.4) is 0 Å². The first-order valence-electron chi connectivity index (χ1n) is 13.4. The van der Waals surface area contributed by atoms with E-state index in [4.69, 9.17) is 14.2 Å². The summed E-state index contributed by atoms with van der Waals surface area (Å²) in [6.45, 7) is 10.6. The number of aliphatic hydroxyl groups is 1. The molecule has 3 saturated carbocycles. The van der Waals surface area contributed by atoms with Gasteiger partial charge in [-0.3, -0.25) is 0 Å². The molecule has 0 aromatic carbocycles. The molecule has 0 bridgehead atoms. The first-order chi connectivity index (χ1) is 15.2. The standard InChI is InChI=1S/C28H44O4/c1-17-8-13-27(31-16-17)18(2)24-26(4)12-10-22-21(23(26)15-28(24,30-5)32-27)7-6-19-14-20(29)9-11-25(19,22)3/h6,17-18,20-24,29H,7-16H2,1-5H3/t17-,18-,20+,21-,22+,23-,24+,25+,26+,27-,28-/m1/s1. The van der Waals surface area contributed by atoms with Crippen LogP contribution >= 0.6 is 0 Å². The van der Waals surface area contributed by atoms with Gasteiger partial charge in [0.15, 0.2) is 11.6 Å². The van der Waals surface area contributed by atoms with Gasteiger partial charge in [-0.2, -0.15) is 0 Å². The summed E-state index contributed by atoms with van der Waals surface area (Å²) >= 11 is 0. The van der Waals surface area contributed by atoms with Gasteiger partial charge >= 0.3 is 0 Å². The fourth-order valence-corrected chi connectivity index (χ4v) is 9.97. The first kappa shape index (κ1) is 22.1. The molecule has 32 heavy (non-hydrogen) atoms. The smallest absolute Gasteiger partial charge is 0.175 e. The summed E-state index contributed by atoms with van der Waals surface area (Å²) in [7, 11) is 1.88. The Morgan fingerprint density at radius 3 is 2.59 bits per heavy atom. The van der Waals surface area contributed by atoms with E-state index < -0.39 is 11.6 Å². The fourth-order valence-electron chi connectivity index (χ4n) is 9.97. The van der Waals surface area contributed by atoms with Crippen LogP contribution in [0, 0.1) is 46.3 Å². The van der Waals surface area contributed by atoms with E-state index in [0.717, 1.165) is 44.6 Å². The molecule has 2 aliphatic heterocycles. The fraction of sp³-hybridized carbons (Fsp3) is 0.929. The van der Waals surface area contributed by atoms with E-state index in [1.807, 2.05) is 7.11 Å². The van der Waals surface area contributed by atoms with Crippen molar-refractivity contribution >= 4 is 0 Å². The molecule has 6 aliphatic rings. The van der Waals surface area contributed by atoms with Crippen LogP contribution in [-0.4, -0.2) is 36.5 Å². The van der Waals surface area contributed by atoms with Crippen LogP contribution in [0.15, 0.2) is 11.6 Å². The van der Waals surface area contributed by atoms with Crippen molar-refractivity contribution in [3.63, 3.8) is 0 Å². The Hall–Kier alpha value is -0.420. The second-order valence-electron chi connectivity index (χ2n) is 13.1. The molecule has 4 heteroatoms. The van der Waals surface area contributed by atoms with Gasteiger partial charge in [0.05, 0.1) is 12.7 Å². The van der Waals surface area contributed by atoms with Crippen molar-refractivity contribution in [1.29, 1.82) is 0 Å². The lowest BCUT2D eigenvalue weighted by Gasteiger charge is -2.58. The third kappa shape index (κ3) is 2.70. The molecule has 11 atom stereocenters. The highest BCUT2D eigenvalue weighted by Gasteiger charge is 2.75. The number of fused-ring (bicyclic) bond motifs is 7. The predicted molar refractivity (Wildman–Crippen MR) is 124 cm³/mol.